The molecule has 0 aromatic heterocycles. The highest BCUT2D eigenvalue weighted by molar-refractivity contribution is 9.10. The van der Waals surface area contributed by atoms with Crippen LogP contribution in [0.25, 0.3) is 0 Å². The van der Waals surface area contributed by atoms with Crippen molar-refractivity contribution in [2.45, 2.75) is 0 Å². The quantitative estimate of drug-likeness (QED) is 0.673. The van der Waals surface area contributed by atoms with E-state index in [-0.39, 0.29) is 23.4 Å². The van der Waals surface area contributed by atoms with Gasteiger partial charge in [0, 0.05) is 12.6 Å². The molecule has 0 heterocycles. The van der Waals surface area contributed by atoms with E-state index in [2.05, 4.69) is 15.9 Å². The Kier molecular flexibility index (Phi) is 3.98. The first-order valence-corrected chi connectivity index (χ1v) is 4.82. The smallest absolute Gasteiger partial charge is 0.313 e. The number of halogens is 2. The van der Waals surface area contributed by atoms with Gasteiger partial charge >= 0.3 is 5.69 Å². The third kappa shape index (κ3) is 2.87. The maximum atomic E-state index is 13.0. The second kappa shape index (κ2) is 5.04. The fourth-order valence-corrected chi connectivity index (χ4v) is 1.27. The third-order valence-electron chi connectivity index (χ3n) is 1.57. The zero-order valence-electron chi connectivity index (χ0n) is 7.57. The molecule has 82 valence electrons. The lowest BCUT2D eigenvalue weighted by Gasteiger charge is -2.06. The van der Waals surface area contributed by atoms with Crippen LogP contribution >= 0.6 is 15.9 Å². The normalized spacial score (nSPS) is 10.1. The molecule has 0 aliphatic heterocycles. The first-order chi connectivity index (χ1) is 7.06. The minimum absolute atomic E-state index is 0.00118. The number of rotatable bonds is 4. The van der Waals surface area contributed by atoms with E-state index in [9.17, 15) is 14.5 Å². The van der Waals surface area contributed by atoms with Crippen LogP contribution in [-0.4, -0.2) is 18.1 Å². The molecular weight excluding hydrogens is 271 g/mol. The van der Waals surface area contributed by atoms with Crippen LogP contribution in [0.1, 0.15) is 0 Å². The summed E-state index contributed by atoms with van der Waals surface area (Å²) in [7, 11) is 0. The Hall–Kier alpha value is -1.21. The molecule has 15 heavy (non-hydrogen) atoms. The van der Waals surface area contributed by atoms with Crippen LogP contribution in [-0.2, 0) is 0 Å². The summed E-state index contributed by atoms with van der Waals surface area (Å²) in [5.74, 6) is -0.708. The lowest BCUT2D eigenvalue weighted by atomic mass is 10.3. The summed E-state index contributed by atoms with van der Waals surface area (Å²) in [5, 5.41) is 10.6. The summed E-state index contributed by atoms with van der Waals surface area (Å²) in [6.07, 6.45) is 0. The van der Waals surface area contributed by atoms with Gasteiger partial charge in [-0.3, -0.25) is 10.1 Å². The zero-order chi connectivity index (χ0) is 11.4. The van der Waals surface area contributed by atoms with Crippen molar-refractivity contribution in [1.82, 2.24) is 0 Å². The Morgan fingerprint density at radius 1 is 1.60 bits per heavy atom. The number of ether oxygens (including phenoxy) is 1. The summed E-state index contributed by atoms with van der Waals surface area (Å²) in [5.41, 5.74) is 4.78. The first kappa shape index (κ1) is 11.9. The van der Waals surface area contributed by atoms with Crippen molar-refractivity contribution >= 4 is 21.6 Å². The van der Waals surface area contributed by atoms with Crippen molar-refractivity contribution in [2.75, 3.05) is 13.2 Å². The van der Waals surface area contributed by atoms with Crippen molar-refractivity contribution in [3.8, 4) is 5.75 Å². The van der Waals surface area contributed by atoms with Gasteiger partial charge in [-0.15, -0.1) is 0 Å². The molecule has 2 N–H and O–H groups in total. The fraction of sp³-hybridized carbons (Fsp3) is 0.250. The first-order valence-electron chi connectivity index (χ1n) is 4.02. The second-order valence-corrected chi connectivity index (χ2v) is 3.48. The van der Waals surface area contributed by atoms with Gasteiger partial charge in [-0.25, -0.2) is 4.39 Å². The standard InChI is InChI=1S/C8H8BrFN2O3/c9-5-3-8(15-2-1-11)7(12(13)14)4-6(5)10/h3-4H,1-2,11H2. The molecule has 0 radical (unpaired) electrons. The van der Waals surface area contributed by atoms with Crippen LogP contribution in [0.4, 0.5) is 10.1 Å². The van der Waals surface area contributed by atoms with Crippen molar-refractivity contribution in [3.05, 3.63) is 32.5 Å². The van der Waals surface area contributed by atoms with Gasteiger partial charge in [0.2, 0.25) is 0 Å². The van der Waals surface area contributed by atoms with Crippen LogP contribution in [0.5, 0.6) is 5.75 Å². The molecule has 0 aliphatic carbocycles. The van der Waals surface area contributed by atoms with E-state index in [0.29, 0.717) is 0 Å². The molecule has 1 rings (SSSR count). The minimum Gasteiger partial charge on any atom is -0.485 e. The molecule has 0 spiro atoms. The average molecular weight is 279 g/mol. The summed E-state index contributed by atoms with van der Waals surface area (Å²) in [4.78, 5) is 9.85. The van der Waals surface area contributed by atoms with E-state index < -0.39 is 16.4 Å². The van der Waals surface area contributed by atoms with Gasteiger partial charge in [0.05, 0.1) is 15.5 Å². The van der Waals surface area contributed by atoms with Gasteiger partial charge in [-0.2, -0.15) is 0 Å². The number of nitro groups is 1. The molecule has 0 bridgehead atoms. The molecule has 0 unspecified atom stereocenters. The molecule has 0 amide bonds. The van der Waals surface area contributed by atoms with Crippen LogP contribution < -0.4 is 10.5 Å². The maximum Gasteiger partial charge on any atom is 0.313 e. The molecule has 0 atom stereocenters. The largest absolute Gasteiger partial charge is 0.485 e. The van der Waals surface area contributed by atoms with Gasteiger partial charge in [0.25, 0.3) is 0 Å². The summed E-state index contributed by atoms with van der Waals surface area (Å²) in [6.45, 7) is 0.366. The highest BCUT2D eigenvalue weighted by atomic mass is 79.9. The molecule has 7 heteroatoms. The minimum atomic E-state index is -0.707. The Bertz CT molecular complexity index is 386. The fourth-order valence-electron chi connectivity index (χ4n) is 0.945. The Labute approximate surface area is 93.3 Å². The topological polar surface area (TPSA) is 78.4 Å². The number of benzene rings is 1. The van der Waals surface area contributed by atoms with Crippen LogP contribution in [0, 0.1) is 15.9 Å². The predicted molar refractivity (Wildman–Crippen MR) is 55.3 cm³/mol. The van der Waals surface area contributed by atoms with E-state index in [1.807, 2.05) is 0 Å². The van der Waals surface area contributed by atoms with E-state index in [4.69, 9.17) is 10.5 Å². The van der Waals surface area contributed by atoms with Crippen molar-refractivity contribution < 1.29 is 14.1 Å². The van der Waals surface area contributed by atoms with Gasteiger partial charge in [0.15, 0.2) is 5.75 Å². The molecule has 0 saturated carbocycles. The number of hydrogen-bond acceptors (Lipinski definition) is 4. The number of nitrogens with two attached hydrogens (primary N) is 1. The van der Waals surface area contributed by atoms with Crippen molar-refractivity contribution in [2.24, 2.45) is 5.73 Å². The maximum absolute atomic E-state index is 13.0. The monoisotopic (exact) mass is 278 g/mol. The summed E-state index contributed by atoms with van der Waals surface area (Å²) >= 11 is 2.91. The van der Waals surface area contributed by atoms with E-state index >= 15 is 0 Å². The number of hydrogen-bond donors (Lipinski definition) is 1. The Balaban J connectivity index is 3.10. The number of nitrogens with zero attached hydrogens (tertiary/aromatic N) is 1. The van der Waals surface area contributed by atoms with Gasteiger partial charge in [-0.1, -0.05) is 0 Å². The molecule has 1 aromatic rings. The lowest BCUT2D eigenvalue weighted by molar-refractivity contribution is -0.386. The molecular formula is C8H8BrFN2O3. The van der Waals surface area contributed by atoms with Crippen LogP contribution in [0.3, 0.4) is 0 Å². The SMILES string of the molecule is NCCOc1cc(Br)c(F)cc1[N+](=O)[O-]. The lowest BCUT2D eigenvalue weighted by Crippen LogP contribution is -2.11. The molecule has 1 aromatic carbocycles. The summed E-state index contributed by atoms with van der Waals surface area (Å²) in [6, 6.07) is 2.01. The second-order valence-electron chi connectivity index (χ2n) is 2.63. The van der Waals surface area contributed by atoms with Gasteiger partial charge < -0.3 is 10.5 Å². The van der Waals surface area contributed by atoms with Crippen LogP contribution in [0.2, 0.25) is 0 Å². The Morgan fingerprint density at radius 3 is 2.80 bits per heavy atom. The van der Waals surface area contributed by atoms with E-state index in [1.165, 1.54) is 6.07 Å². The van der Waals surface area contributed by atoms with Gasteiger partial charge in [0.1, 0.15) is 12.4 Å². The molecule has 0 fully saturated rings. The number of nitro benzene ring substituents is 1. The molecule has 0 aliphatic rings. The highest BCUT2D eigenvalue weighted by Gasteiger charge is 2.18. The van der Waals surface area contributed by atoms with E-state index in [0.717, 1.165) is 6.07 Å². The molecule has 5 nitrogen and oxygen atoms in total. The average Bonchev–Trinajstić information content (AvgIpc) is 2.19. The van der Waals surface area contributed by atoms with Crippen molar-refractivity contribution in [3.63, 3.8) is 0 Å². The summed E-state index contributed by atoms with van der Waals surface area (Å²) < 4.78 is 18.1. The van der Waals surface area contributed by atoms with Crippen molar-refractivity contribution in [1.29, 1.82) is 0 Å². The molecule has 0 saturated heterocycles. The Morgan fingerprint density at radius 2 is 2.27 bits per heavy atom. The zero-order valence-corrected chi connectivity index (χ0v) is 9.16. The van der Waals surface area contributed by atoms with E-state index in [1.54, 1.807) is 0 Å². The highest BCUT2D eigenvalue weighted by Crippen LogP contribution is 2.32. The van der Waals surface area contributed by atoms with Gasteiger partial charge in [-0.05, 0) is 15.9 Å². The predicted octanol–water partition coefficient (Wildman–Crippen LogP) is 1.83. The van der Waals surface area contributed by atoms with Crippen LogP contribution in [0.15, 0.2) is 16.6 Å². The third-order valence-corrected chi connectivity index (χ3v) is 2.18.